The third-order valence-corrected chi connectivity index (χ3v) is 3.99. The van der Waals surface area contributed by atoms with Crippen molar-refractivity contribution in [2.75, 3.05) is 7.11 Å². The number of methoxy groups -OCH3 is 1. The third kappa shape index (κ3) is 5.89. The van der Waals surface area contributed by atoms with Crippen molar-refractivity contribution in [2.24, 2.45) is 11.7 Å². The number of ether oxygens (including phenoxy) is 1. The van der Waals surface area contributed by atoms with Crippen molar-refractivity contribution < 1.29 is 14.6 Å². The summed E-state index contributed by atoms with van der Waals surface area (Å²) in [6.07, 6.45) is 2.74. The number of carbonyl (C=O) groups is 1. The zero-order valence-corrected chi connectivity index (χ0v) is 14.4. The number of rotatable bonds is 7. The van der Waals surface area contributed by atoms with Crippen LogP contribution < -0.4 is 10.5 Å². The summed E-state index contributed by atoms with van der Waals surface area (Å²) in [6, 6.07) is 14.9. The van der Waals surface area contributed by atoms with Gasteiger partial charge >= 0.3 is 0 Å². The summed E-state index contributed by atoms with van der Waals surface area (Å²) in [7, 11) is 1.50. The van der Waals surface area contributed by atoms with Crippen LogP contribution in [-0.4, -0.2) is 18.1 Å². The fraction of sp³-hybridized carbons (Fsp3) is 0.286. The second-order valence-corrected chi connectivity index (χ2v) is 5.87. The minimum absolute atomic E-state index is 0.0815. The molecule has 3 N–H and O–H groups in total. The molecule has 0 aromatic heterocycles. The average molecular weight is 337 g/mol. The molecule has 0 fully saturated rings. The molecule has 130 valence electrons. The van der Waals surface area contributed by atoms with Crippen LogP contribution in [0, 0.1) is 17.8 Å². The molecular weight excluding hydrogens is 314 g/mol. The largest absolute Gasteiger partial charge is 0.504 e. The Kier molecular flexibility index (Phi) is 6.91. The molecule has 2 aromatic carbocycles. The number of phenolic OH excluding ortho intramolecular Hbond substituents is 1. The second kappa shape index (κ2) is 9.39. The molecule has 4 heteroatoms. The molecule has 25 heavy (non-hydrogen) atoms. The number of hydrogen-bond acceptors (Lipinski definition) is 3. The molecular formula is C21H23NO3. The number of hydrogen-bond donors (Lipinski definition) is 2. The normalized spacial score (nSPS) is 11.2. The van der Waals surface area contributed by atoms with Gasteiger partial charge in [-0.1, -0.05) is 36.1 Å². The number of carbonyl (C=O) groups excluding carboxylic acids is 1. The van der Waals surface area contributed by atoms with Crippen molar-refractivity contribution in [1.82, 2.24) is 0 Å². The zero-order valence-electron chi connectivity index (χ0n) is 14.4. The number of unbranched alkanes of at least 4 members (excludes halogenated alkanes) is 1. The lowest BCUT2D eigenvalue weighted by Gasteiger charge is -2.13. The van der Waals surface area contributed by atoms with Crippen LogP contribution in [0.15, 0.2) is 48.5 Å². The molecule has 1 unspecified atom stereocenters. The Hall–Kier alpha value is -2.93. The average Bonchev–Trinajstić information content (AvgIpc) is 2.62. The minimum Gasteiger partial charge on any atom is -0.504 e. The fourth-order valence-corrected chi connectivity index (χ4v) is 2.60. The molecule has 2 rings (SSSR count). The molecule has 0 aliphatic heterocycles. The Bertz CT molecular complexity index is 760. The smallest absolute Gasteiger partial charge is 0.220 e. The van der Waals surface area contributed by atoms with Gasteiger partial charge < -0.3 is 15.6 Å². The highest BCUT2D eigenvalue weighted by Gasteiger charge is 2.16. The molecule has 0 radical (unpaired) electrons. The molecule has 0 spiro atoms. The first kappa shape index (κ1) is 18.4. The Morgan fingerprint density at radius 1 is 1.24 bits per heavy atom. The van der Waals surface area contributed by atoms with Gasteiger partial charge in [-0.3, -0.25) is 4.79 Å². The first-order valence-electron chi connectivity index (χ1n) is 8.29. The Labute approximate surface area is 148 Å². The van der Waals surface area contributed by atoms with E-state index in [0.717, 1.165) is 24.0 Å². The van der Waals surface area contributed by atoms with Gasteiger partial charge in [-0.05, 0) is 49.1 Å². The van der Waals surface area contributed by atoms with Gasteiger partial charge in [-0.25, -0.2) is 0 Å². The summed E-state index contributed by atoms with van der Waals surface area (Å²) in [5, 5.41) is 9.64. The highest BCUT2D eigenvalue weighted by molar-refractivity contribution is 5.77. The fourth-order valence-electron chi connectivity index (χ4n) is 2.60. The maximum Gasteiger partial charge on any atom is 0.220 e. The molecule has 0 heterocycles. The third-order valence-electron chi connectivity index (χ3n) is 3.99. The van der Waals surface area contributed by atoms with Gasteiger partial charge in [-0.15, -0.1) is 0 Å². The van der Waals surface area contributed by atoms with Crippen LogP contribution in [0.25, 0.3) is 0 Å². The van der Waals surface area contributed by atoms with E-state index >= 15 is 0 Å². The monoisotopic (exact) mass is 337 g/mol. The van der Waals surface area contributed by atoms with Crippen molar-refractivity contribution >= 4 is 5.91 Å². The predicted molar refractivity (Wildman–Crippen MR) is 98.2 cm³/mol. The molecule has 2 aromatic rings. The van der Waals surface area contributed by atoms with Crippen molar-refractivity contribution in [1.29, 1.82) is 0 Å². The Balaban J connectivity index is 1.89. The van der Waals surface area contributed by atoms with Gasteiger partial charge in [0.25, 0.3) is 0 Å². The highest BCUT2D eigenvalue weighted by Crippen LogP contribution is 2.28. The molecule has 0 aliphatic carbocycles. The number of primary amides is 1. The van der Waals surface area contributed by atoms with Gasteiger partial charge in [0.05, 0.1) is 7.11 Å². The Morgan fingerprint density at radius 2 is 2.00 bits per heavy atom. The molecule has 1 amide bonds. The molecule has 1 atom stereocenters. The number of aromatic hydroxyl groups is 1. The highest BCUT2D eigenvalue weighted by atomic mass is 16.5. The van der Waals surface area contributed by atoms with Crippen LogP contribution in [0.2, 0.25) is 0 Å². The van der Waals surface area contributed by atoms with E-state index in [1.54, 1.807) is 18.2 Å². The van der Waals surface area contributed by atoms with Crippen molar-refractivity contribution in [3.8, 4) is 23.3 Å². The molecule has 0 bridgehead atoms. The number of phenols is 1. The van der Waals surface area contributed by atoms with Crippen LogP contribution in [0.4, 0.5) is 0 Å². The van der Waals surface area contributed by atoms with Crippen molar-refractivity contribution in [3.63, 3.8) is 0 Å². The van der Waals surface area contributed by atoms with E-state index in [9.17, 15) is 9.90 Å². The summed E-state index contributed by atoms with van der Waals surface area (Å²) in [5.74, 6) is 6.14. The van der Waals surface area contributed by atoms with Crippen molar-refractivity contribution in [2.45, 2.75) is 25.7 Å². The summed E-state index contributed by atoms with van der Waals surface area (Å²) in [6.45, 7) is 0. The summed E-state index contributed by atoms with van der Waals surface area (Å²) >= 11 is 0. The minimum atomic E-state index is -0.317. The maximum absolute atomic E-state index is 11.7. The van der Waals surface area contributed by atoms with Gasteiger partial charge in [0.1, 0.15) is 0 Å². The zero-order chi connectivity index (χ0) is 18.1. The standard InChI is InChI=1S/C21H23NO3/c1-25-20-15-17(12-13-19(20)23)14-18(21(22)24)11-7-3-6-10-16-8-4-2-5-9-16/h2,4-5,8-9,12-13,15,18,23H,3,7,11,14H2,1H3,(H2,22,24). The number of benzene rings is 2. The van der Waals surface area contributed by atoms with Crippen LogP contribution in [0.5, 0.6) is 11.5 Å². The summed E-state index contributed by atoms with van der Waals surface area (Å²) in [5.41, 5.74) is 7.44. The van der Waals surface area contributed by atoms with E-state index < -0.39 is 0 Å². The van der Waals surface area contributed by atoms with Gasteiger partial charge in [0.2, 0.25) is 5.91 Å². The van der Waals surface area contributed by atoms with E-state index in [0.29, 0.717) is 18.6 Å². The summed E-state index contributed by atoms with van der Waals surface area (Å²) in [4.78, 5) is 11.7. The molecule has 4 nitrogen and oxygen atoms in total. The number of amides is 1. The van der Waals surface area contributed by atoms with Crippen LogP contribution in [0.3, 0.4) is 0 Å². The van der Waals surface area contributed by atoms with Crippen molar-refractivity contribution in [3.05, 3.63) is 59.7 Å². The van der Waals surface area contributed by atoms with Gasteiger partial charge in [-0.2, -0.15) is 0 Å². The quantitative estimate of drug-likeness (QED) is 0.602. The first-order valence-corrected chi connectivity index (χ1v) is 8.29. The molecule has 0 saturated carbocycles. The predicted octanol–water partition coefficient (Wildman–Crippen LogP) is 3.27. The SMILES string of the molecule is COc1cc(CC(CCCC#Cc2ccccc2)C(N)=O)ccc1O. The van der Waals surface area contributed by atoms with E-state index in [-0.39, 0.29) is 17.6 Å². The van der Waals surface area contributed by atoms with Gasteiger partial charge in [0.15, 0.2) is 11.5 Å². The van der Waals surface area contributed by atoms with E-state index in [2.05, 4.69) is 11.8 Å². The van der Waals surface area contributed by atoms with Crippen LogP contribution >= 0.6 is 0 Å². The van der Waals surface area contributed by atoms with E-state index in [1.807, 2.05) is 30.3 Å². The molecule has 0 aliphatic rings. The van der Waals surface area contributed by atoms with E-state index in [1.165, 1.54) is 7.11 Å². The second-order valence-electron chi connectivity index (χ2n) is 5.87. The van der Waals surface area contributed by atoms with Crippen LogP contribution in [0.1, 0.15) is 30.4 Å². The van der Waals surface area contributed by atoms with E-state index in [4.69, 9.17) is 10.5 Å². The number of nitrogens with two attached hydrogens (primary N) is 1. The maximum atomic E-state index is 11.7. The van der Waals surface area contributed by atoms with Gasteiger partial charge in [0, 0.05) is 17.9 Å². The summed E-state index contributed by atoms with van der Waals surface area (Å²) < 4.78 is 5.10. The topological polar surface area (TPSA) is 72.5 Å². The Morgan fingerprint density at radius 3 is 2.68 bits per heavy atom. The molecule has 0 saturated heterocycles. The lowest BCUT2D eigenvalue weighted by molar-refractivity contribution is -0.122. The van der Waals surface area contributed by atoms with Crippen LogP contribution in [-0.2, 0) is 11.2 Å². The lowest BCUT2D eigenvalue weighted by Crippen LogP contribution is -2.25. The first-order chi connectivity index (χ1) is 12.1. The lowest BCUT2D eigenvalue weighted by atomic mass is 9.93.